The van der Waals surface area contributed by atoms with E-state index in [-0.39, 0.29) is 17.5 Å². The molecule has 1 aromatic heterocycles. The molecule has 0 aromatic carbocycles. The Balaban J connectivity index is 2.51. The van der Waals surface area contributed by atoms with Crippen LogP contribution in [0, 0.1) is 0 Å². The molecule has 2 N–H and O–H groups in total. The Hall–Kier alpha value is -0.890. The van der Waals surface area contributed by atoms with Gasteiger partial charge in [-0.1, -0.05) is 0 Å². The Kier molecular flexibility index (Phi) is 5.13. The topological polar surface area (TPSA) is 82.8 Å². The Morgan fingerprint density at radius 1 is 1.41 bits per heavy atom. The molecule has 1 aromatic rings. The molecule has 0 fully saturated rings. The summed E-state index contributed by atoms with van der Waals surface area (Å²) in [5.74, 6) is 0.235. The number of nitrogens with zero attached hydrogens (tertiary/aromatic N) is 1. The highest BCUT2D eigenvalue weighted by Crippen LogP contribution is 2.13. The minimum absolute atomic E-state index is 0.161. The summed E-state index contributed by atoms with van der Waals surface area (Å²) in [6, 6.07) is 2.77. The number of furan rings is 1. The molecule has 0 bridgehead atoms. The standard InChI is InChI=1S/C10H18N2O4S/c1-12(2)7-3-6-11-17(14,15)10-5-4-9(8-13)16-10/h4-5,11,13H,3,6-8H2,1-2H3. The molecule has 0 saturated carbocycles. The molecule has 0 atom stereocenters. The van der Waals surface area contributed by atoms with Gasteiger partial charge in [0.25, 0.3) is 10.0 Å². The van der Waals surface area contributed by atoms with Crippen LogP contribution < -0.4 is 4.72 Å². The number of sulfonamides is 1. The van der Waals surface area contributed by atoms with Gasteiger partial charge in [0, 0.05) is 6.54 Å². The predicted molar refractivity (Wildman–Crippen MR) is 63.0 cm³/mol. The minimum Gasteiger partial charge on any atom is -0.446 e. The van der Waals surface area contributed by atoms with Crippen molar-refractivity contribution in [3.63, 3.8) is 0 Å². The van der Waals surface area contributed by atoms with Crippen molar-refractivity contribution in [2.24, 2.45) is 0 Å². The number of nitrogens with one attached hydrogen (secondary N) is 1. The van der Waals surface area contributed by atoms with Gasteiger partial charge in [0.1, 0.15) is 12.4 Å². The SMILES string of the molecule is CN(C)CCCNS(=O)(=O)c1ccc(CO)o1. The van der Waals surface area contributed by atoms with Crippen molar-refractivity contribution >= 4 is 10.0 Å². The van der Waals surface area contributed by atoms with Crippen molar-refractivity contribution in [1.82, 2.24) is 9.62 Å². The summed E-state index contributed by atoms with van der Waals surface area (Å²) < 4.78 is 30.8. The normalized spacial score (nSPS) is 12.2. The second kappa shape index (κ2) is 6.15. The molecular formula is C10H18N2O4S. The lowest BCUT2D eigenvalue weighted by Crippen LogP contribution is -2.27. The summed E-state index contributed by atoms with van der Waals surface area (Å²) in [4.78, 5) is 1.98. The third-order valence-electron chi connectivity index (χ3n) is 2.13. The van der Waals surface area contributed by atoms with Crippen LogP contribution in [-0.4, -0.2) is 45.6 Å². The first-order chi connectivity index (χ1) is 7.95. The van der Waals surface area contributed by atoms with Crippen LogP contribution in [-0.2, 0) is 16.6 Å². The average molecular weight is 262 g/mol. The average Bonchev–Trinajstić information content (AvgIpc) is 2.73. The van der Waals surface area contributed by atoms with E-state index in [0.29, 0.717) is 6.54 Å². The fourth-order valence-corrected chi connectivity index (χ4v) is 2.28. The number of hydrogen-bond acceptors (Lipinski definition) is 5. The van der Waals surface area contributed by atoms with E-state index in [2.05, 4.69) is 4.72 Å². The lowest BCUT2D eigenvalue weighted by molar-refractivity contribution is 0.236. The molecule has 0 spiro atoms. The minimum atomic E-state index is -3.59. The van der Waals surface area contributed by atoms with Crippen molar-refractivity contribution in [2.75, 3.05) is 27.2 Å². The molecule has 6 nitrogen and oxygen atoms in total. The van der Waals surface area contributed by atoms with Crippen LogP contribution in [0.2, 0.25) is 0 Å². The molecule has 1 rings (SSSR count). The van der Waals surface area contributed by atoms with Gasteiger partial charge >= 0.3 is 0 Å². The molecular weight excluding hydrogens is 244 g/mol. The van der Waals surface area contributed by atoms with Crippen LogP contribution in [0.3, 0.4) is 0 Å². The lowest BCUT2D eigenvalue weighted by Gasteiger charge is -2.09. The molecule has 0 aliphatic heterocycles. The smallest absolute Gasteiger partial charge is 0.273 e. The Morgan fingerprint density at radius 3 is 2.65 bits per heavy atom. The zero-order chi connectivity index (χ0) is 12.9. The molecule has 1 heterocycles. The van der Waals surface area contributed by atoms with Gasteiger partial charge in [0.2, 0.25) is 5.09 Å². The van der Waals surface area contributed by atoms with Gasteiger partial charge in [-0.3, -0.25) is 0 Å². The van der Waals surface area contributed by atoms with E-state index in [9.17, 15) is 8.42 Å². The van der Waals surface area contributed by atoms with Crippen molar-refractivity contribution < 1.29 is 17.9 Å². The maximum atomic E-state index is 11.7. The second-order valence-corrected chi connectivity index (χ2v) is 5.63. The molecule has 17 heavy (non-hydrogen) atoms. The fourth-order valence-electron chi connectivity index (χ4n) is 1.26. The van der Waals surface area contributed by atoms with E-state index in [0.717, 1.165) is 13.0 Å². The van der Waals surface area contributed by atoms with Gasteiger partial charge < -0.3 is 14.4 Å². The molecule has 0 aliphatic rings. The quantitative estimate of drug-likeness (QED) is 0.676. The van der Waals surface area contributed by atoms with Crippen molar-refractivity contribution in [1.29, 1.82) is 0 Å². The Labute approximate surface area is 101 Å². The van der Waals surface area contributed by atoms with E-state index in [1.165, 1.54) is 12.1 Å². The molecule has 98 valence electrons. The fraction of sp³-hybridized carbons (Fsp3) is 0.600. The first-order valence-electron chi connectivity index (χ1n) is 5.29. The molecule has 0 saturated heterocycles. The Bertz CT molecular complexity index is 439. The molecule has 7 heteroatoms. The summed E-state index contributed by atoms with van der Waals surface area (Å²) in [6.45, 7) is 0.856. The van der Waals surface area contributed by atoms with Crippen LogP contribution in [0.1, 0.15) is 12.2 Å². The number of hydrogen-bond donors (Lipinski definition) is 2. The summed E-state index contributed by atoms with van der Waals surface area (Å²) in [5.41, 5.74) is 0. The first-order valence-corrected chi connectivity index (χ1v) is 6.78. The number of aliphatic hydroxyl groups excluding tert-OH is 1. The third-order valence-corrected chi connectivity index (χ3v) is 3.47. The van der Waals surface area contributed by atoms with Crippen molar-refractivity contribution in [3.05, 3.63) is 17.9 Å². The van der Waals surface area contributed by atoms with Crippen LogP contribution in [0.5, 0.6) is 0 Å². The van der Waals surface area contributed by atoms with Gasteiger partial charge in [-0.25, -0.2) is 13.1 Å². The zero-order valence-corrected chi connectivity index (χ0v) is 10.8. The Morgan fingerprint density at radius 2 is 2.12 bits per heavy atom. The molecule has 0 radical (unpaired) electrons. The van der Waals surface area contributed by atoms with Gasteiger partial charge in [-0.15, -0.1) is 0 Å². The van der Waals surface area contributed by atoms with Crippen LogP contribution in [0.25, 0.3) is 0 Å². The van der Waals surface area contributed by atoms with Gasteiger partial charge in [0.15, 0.2) is 0 Å². The predicted octanol–water partition coefficient (Wildman–Crippen LogP) is 0.00190. The third kappa shape index (κ3) is 4.47. The van der Waals surface area contributed by atoms with E-state index >= 15 is 0 Å². The van der Waals surface area contributed by atoms with Crippen molar-refractivity contribution in [3.8, 4) is 0 Å². The lowest BCUT2D eigenvalue weighted by atomic mass is 10.4. The largest absolute Gasteiger partial charge is 0.446 e. The monoisotopic (exact) mass is 262 g/mol. The number of rotatable bonds is 7. The van der Waals surface area contributed by atoms with E-state index in [4.69, 9.17) is 9.52 Å². The highest BCUT2D eigenvalue weighted by Gasteiger charge is 2.17. The molecule has 0 unspecified atom stereocenters. The van der Waals surface area contributed by atoms with Crippen LogP contribution in [0.4, 0.5) is 0 Å². The summed E-state index contributed by atoms with van der Waals surface area (Å²) in [6.07, 6.45) is 0.722. The first kappa shape index (κ1) is 14.2. The molecule has 0 aliphatic carbocycles. The maximum Gasteiger partial charge on any atom is 0.273 e. The summed E-state index contributed by atoms with van der Waals surface area (Å²) in [5, 5.41) is 8.62. The summed E-state index contributed by atoms with van der Waals surface area (Å²) in [7, 11) is 0.257. The van der Waals surface area contributed by atoms with E-state index in [1.54, 1.807) is 0 Å². The van der Waals surface area contributed by atoms with Gasteiger partial charge in [0.05, 0.1) is 0 Å². The van der Waals surface area contributed by atoms with Crippen LogP contribution in [0.15, 0.2) is 21.6 Å². The van der Waals surface area contributed by atoms with Crippen LogP contribution >= 0.6 is 0 Å². The van der Waals surface area contributed by atoms with E-state index in [1.807, 2.05) is 19.0 Å². The highest BCUT2D eigenvalue weighted by atomic mass is 32.2. The highest BCUT2D eigenvalue weighted by molar-refractivity contribution is 7.89. The van der Waals surface area contributed by atoms with Crippen molar-refractivity contribution in [2.45, 2.75) is 18.1 Å². The summed E-state index contributed by atoms with van der Waals surface area (Å²) >= 11 is 0. The maximum absolute atomic E-state index is 11.7. The van der Waals surface area contributed by atoms with E-state index < -0.39 is 10.0 Å². The van der Waals surface area contributed by atoms with Gasteiger partial charge in [-0.05, 0) is 39.2 Å². The van der Waals surface area contributed by atoms with Gasteiger partial charge in [-0.2, -0.15) is 0 Å². The zero-order valence-electron chi connectivity index (χ0n) is 10.0. The molecule has 0 amide bonds. The number of aliphatic hydroxyl groups is 1. The second-order valence-electron chi connectivity index (χ2n) is 3.93.